The number of methoxy groups -OCH3 is 1. The normalized spacial score (nSPS) is 20.2. The fraction of sp³-hybridized carbons (Fsp3) is 0.385. The topological polar surface area (TPSA) is 79.3 Å². The number of amides is 1. The predicted octanol–water partition coefficient (Wildman–Crippen LogP) is 3.75. The molecule has 0 radical (unpaired) electrons. The molecule has 0 aliphatic carbocycles. The van der Waals surface area contributed by atoms with Crippen molar-refractivity contribution in [3.8, 4) is 11.5 Å². The zero-order chi connectivity index (χ0) is 24.2. The molecule has 2 heterocycles. The smallest absolute Gasteiger partial charge is 0.295 e. The molecular weight excluding hydrogens is 439 g/mol. The van der Waals surface area contributed by atoms with Gasteiger partial charge in [0.2, 0.25) is 0 Å². The Kier molecular flexibility index (Phi) is 7.17. The summed E-state index contributed by atoms with van der Waals surface area (Å²) in [6.07, 6.45) is 2.22. The second-order valence-corrected chi connectivity index (χ2v) is 8.39. The molecule has 0 bridgehead atoms. The third-order valence-electron chi connectivity index (χ3n) is 6.32. The Morgan fingerprint density at radius 1 is 1.09 bits per heavy atom. The first-order valence-electron chi connectivity index (χ1n) is 11.5. The quantitative estimate of drug-likeness (QED) is 0.361. The molecule has 0 aromatic heterocycles. The van der Waals surface area contributed by atoms with Gasteiger partial charge in [0.05, 0.1) is 30.9 Å². The van der Waals surface area contributed by atoms with Gasteiger partial charge in [-0.25, -0.2) is 4.39 Å². The molecule has 180 valence electrons. The lowest BCUT2D eigenvalue weighted by Gasteiger charge is -2.27. The number of likely N-dealkylation sites (tertiary alicyclic amines) is 2. The fourth-order valence-electron chi connectivity index (χ4n) is 4.64. The van der Waals surface area contributed by atoms with E-state index >= 15 is 0 Å². The van der Waals surface area contributed by atoms with Crippen LogP contribution < -0.4 is 9.47 Å². The highest BCUT2D eigenvalue weighted by Crippen LogP contribution is 2.41. The zero-order valence-electron chi connectivity index (χ0n) is 19.4. The van der Waals surface area contributed by atoms with Gasteiger partial charge >= 0.3 is 0 Å². The van der Waals surface area contributed by atoms with E-state index < -0.39 is 29.3 Å². The highest BCUT2D eigenvalue weighted by atomic mass is 19.1. The molecule has 4 rings (SSSR count). The number of benzene rings is 2. The minimum absolute atomic E-state index is 0.0241. The molecule has 34 heavy (non-hydrogen) atoms. The van der Waals surface area contributed by atoms with Crippen LogP contribution in [0.15, 0.2) is 48.0 Å². The van der Waals surface area contributed by atoms with Gasteiger partial charge in [0, 0.05) is 13.1 Å². The molecule has 1 unspecified atom stereocenters. The standard InChI is InChI=1S/C26H29FN2O5/c1-3-34-19-9-6-17(7-10-19)23-22(24(30)20-16-18(27)8-11-21(20)33-2)25(31)26(32)29(23)15-14-28-12-4-5-13-28/h6-11,16,23,30H,3-5,12-15H2,1-2H3/b24-22+. The second kappa shape index (κ2) is 10.3. The Morgan fingerprint density at radius 2 is 1.79 bits per heavy atom. The lowest BCUT2D eigenvalue weighted by atomic mass is 9.95. The van der Waals surface area contributed by atoms with Gasteiger partial charge < -0.3 is 24.4 Å². The Morgan fingerprint density at radius 3 is 2.44 bits per heavy atom. The second-order valence-electron chi connectivity index (χ2n) is 8.39. The summed E-state index contributed by atoms with van der Waals surface area (Å²) < 4.78 is 24.8. The average Bonchev–Trinajstić information content (AvgIpc) is 3.45. The van der Waals surface area contributed by atoms with Crippen LogP contribution in [0.4, 0.5) is 4.39 Å². The maximum Gasteiger partial charge on any atom is 0.295 e. The van der Waals surface area contributed by atoms with Crippen molar-refractivity contribution in [1.82, 2.24) is 9.80 Å². The maximum atomic E-state index is 14.0. The largest absolute Gasteiger partial charge is 0.507 e. The highest BCUT2D eigenvalue weighted by molar-refractivity contribution is 6.46. The third kappa shape index (κ3) is 4.63. The lowest BCUT2D eigenvalue weighted by Crippen LogP contribution is -2.37. The lowest BCUT2D eigenvalue weighted by molar-refractivity contribution is -0.140. The van der Waals surface area contributed by atoms with Gasteiger partial charge in [0.15, 0.2) is 0 Å². The summed E-state index contributed by atoms with van der Waals surface area (Å²) in [6.45, 7) is 5.26. The number of aliphatic hydroxyl groups is 1. The van der Waals surface area contributed by atoms with Crippen LogP contribution in [0.1, 0.15) is 36.9 Å². The van der Waals surface area contributed by atoms with Crippen molar-refractivity contribution in [2.75, 3.05) is 39.9 Å². The summed E-state index contributed by atoms with van der Waals surface area (Å²) in [5, 5.41) is 11.2. The van der Waals surface area contributed by atoms with E-state index in [1.807, 2.05) is 6.92 Å². The molecule has 2 aromatic carbocycles. The molecule has 2 aliphatic rings. The molecule has 0 spiro atoms. The van der Waals surface area contributed by atoms with E-state index in [2.05, 4.69) is 4.90 Å². The number of ether oxygens (including phenoxy) is 2. The number of carbonyl (C=O) groups excluding carboxylic acids is 2. The first kappa shape index (κ1) is 23.8. The van der Waals surface area contributed by atoms with Crippen molar-refractivity contribution in [2.45, 2.75) is 25.8 Å². The van der Waals surface area contributed by atoms with Crippen LogP contribution in [-0.4, -0.2) is 66.5 Å². The van der Waals surface area contributed by atoms with Crippen LogP contribution in [-0.2, 0) is 9.59 Å². The van der Waals surface area contributed by atoms with Gasteiger partial charge in [-0.05, 0) is 68.8 Å². The van der Waals surface area contributed by atoms with E-state index in [-0.39, 0.29) is 16.9 Å². The first-order valence-corrected chi connectivity index (χ1v) is 11.5. The Bertz CT molecular complexity index is 1090. The fourth-order valence-corrected chi connectivity index (χ4v) is 4.64. The van der Waals surface area contributed by atoms with Gasteiger partial charge in [0.25, 0.3) is 11.7 Å². The minimum Gasteiger partial charge on any atom is -0.507 e. The van der Waals surface area contributed by atoms with E-state index in [0.29, 0.717) is 31.0 Å². The van der Waals surface area contributed by atoms with Crippen molar-refractivity contribution in [2.24, 2.45) is 0 Å². The van der Waals surface area contributed by atoms with Crippen LogP contribution in [0.25, 0.3) is 5.76 Å². The van der Waals surface area contributed by atoms with Gasteiger partial charge in [-0.2, -0.15) is 0 Å². The number of Topliss-reactive ketones (excluding diaryl/α,β-unsaturated/α-hetero) is 1. The summed E-state index contributed by atoms with van der Waals surface area (Å²) in [5.74, 6) is -1.68. The number of carbonyl (C=O) groups is 2. The number of ketones is 1. The van der Waals surface area contributed by atoms with Crippen molar-refractivity contribution in [3.05, 3.63) is 65.0 Å². The summed E-state index contributed by atoms with van der Waals surface area (Å²) in [5.41, 5.74) is 0.594. The molecule has 1 amide bonds. The van der Waals surface area contributed by atoms with Crippen LogP contribution in [0.5, 0.6) is 11.5 Å². The number of hydrogen-bond acceptors (Lipinski definition) is 6. The van der Waals surface area contributed by atoms with Crippen molar-refractivity contribution < 1.29 is 28.6 Å². The van der Waals surface area contributed by atoms with E-state index in [1.165, 1.54) is 24.1 Å². The Labute approximate surface area is 198 Å². The third-order valence-corrected chi connectivity index (χ3v) is 6.32. The van der Waals surface area contributed by atoms with Gasteiger partial charge in [0.1, 0.15) is 23.1 Å². The van der Waals surface area contributed by atoms with Crippen molar-refractivity contribution >= 4 is 17.4 Å². The Hall–Kier alpha value is -3.39. The summed E-state index contributed by atoms with van der Waals surface area (Å²) >= 11 is 0. The van der Waals surface area contributed by atoms with Gasteiger partial charge in [-0.3, -0.25) is 9.59 Å². The van der Waals surface area contributed by atoms with Crippen molar-refractivity contribution in [1.29, 1.82) is 0 Å². The molecule has 7 nitrogen and oxygen atoms in total. The SMILES string of the molecule is CCOc1ccc(C2/C(=C(\O)c3cc(F)ccc3OC)C(=O)C(=O)N2CCN2CCCC2)cc1. The number of nitrogens with zero attached hydrogens (tertiary/aromatic N) is 2. The monoisotopic (exact) mass is 468 g/mol. The van der Waals surface area contributed by atoms with E-state index in [4.69, 9.17) is 9.47 Å². The van der Waals surface area contributed by atoms with Gasteiger partial charge in [-0.15, -0.1) is 0 Å². The number of halogens is 1. The Balaban J connectivity index is 1.79. The molecular formula is C26H29FN2O5. The molecule has 1 N–H and O–H groups in total. The summed E-state index contributed by atoms with van der Waals surface area (Å²) in [4.78, 5) is 30.0. The molecule has 2 fully saturated rings. The van der Waals surface area contributed by atoms with E-state index in [1.54, 1.807) is 24.3 Å². The number of hydrogen-bond donors (Lipinski definition) is 1. The van der Waals surface area contributed by atoms with Crippen LogP contribution in [0.2, 0.25) is 0 Å². The molecule has 8 heteroatoms. The molecule has 2 aromatic rings. The van der Waals surface area contributed by atoms with Crippen LogP contribution in [0, 0.1) is 5.82 Å². The molecule has 2 aliphatic heterocycles. The van der Waals surface area contributed by atoms with Crippen LogP contribution >= 0.6 is 0 Å². The van der Waals surface area contributed by atoms with Crippen LogP contribution in [0.3, 0.4) is 0 Å². The summed E-state index contributed by atoms with van der Waals surface area (Å²) in [6, 6.07) is 9.95. The molecule has 2 saturated heterocycles. The van der Waals surface area contributed by atoms with Crippen molar-refractivity contribution in [3.63, 3.8) is 0 Å². The molecule has 0 saturated carbocycles. The minimum atomic E-state index is -0.814. The van der Waals surface area contributed by atoms with E-state index in [9.17, 15) is 19.1 Å². The zero-order valence-corrected chi connectivity index (χ0v) is 19.4. The summed E-state index contributed by atoms with van der Waals surface area (Å²) in [7, 11) is 1.39. The highest BCUT2D eigenvalue weighted by Gasteiger charge is 2.46. The average molecular weight is 469 g/mol. The van der Waals surface area contributed by atoms with Gasteiger partial charge in [-0.1, -0.05) is 12.1 Å². The van der Waals surface area contributed by atoms with E-state index in [0.717, 1.165) is 32.0 Å². The maximum absolute atomic E-state index is 14.0. The number of rotatable bonds is 8. The number of aliphatic hydroxyl groups excluding tert-OH is 1. The predicted molar refractivity (Wildman–Crippen MR) is 125 cm³/mol. The first-order chi connectivity index (χ1) is 16.4. The molecule has 1 atom stereocenters.